The predicted octanol–water partition coefficient (Wildman–Crippen LogP) is 2.09. The molecular weight excluding hydrogens is 256 g/mol. The van der Waals surface area contributed by atoms with Crippen LogP contribution in [0.5, 0.6) is 0 Å². The third kappa shape index (κ3) is 4.57. The summed E-state index contributed by atoms with van der Waals surface area (Å²) >= 11 is 0. The topological polar surface area (TPSA) is 47.6 Å². The molecule has 0 aliphatic carbocycles. The molecule has 0 unspecified atom stereocenters. The van der Waals surface area contributed by atoms with E-state index in [1.807, 2.05) is 0 Å². The third-order valence-corrected chi connectivity index (χ3v) is 2.33. The van der Waals surface area contributed by atoms with Crippen LogP contribution in [-0.4, -0.2) is 32.0 Å². The molecular formula is C13H17F2NO3. The van der Waals surface area contributed by atoms with Gasteiger partial charge in [0, 0.05) is 13.2 Å². The van der Waals surface area contributed by atoms with Gasteiger partial charge in [0.2, 0.25) is 0 Å². The van der Waals surface area contributed by atoms with Gasteiger partial charge in [-0.25, -0.2) is 8.78 Å². The maximum absolute atomic E-state index is 13.4. The van der Waals surface area contributed by atoms with Crippen molar-refractivity contribution in [3.05, 3.63) is 35.4 Å². The Labute approximate surface area is 110 Å². The lowest BCUT2D eigenvalue weighted by Gasteiger charge is -2.17. The summed E-state index contributed by atoms with van der Waals surface area (Å²) in [5.41, 5.74) is -0.341. The molecule has 4 nitrogen and oxygen atoms in total. The molecule has 19 heavy (non-hydrogen) atoms. The molecule has 0 heterocycles. The van der Waals surface area contributed by atoms with Gasteiger partial charge in [-0.3, -0.25) is 4.79 Å². The molecule has 1 aromatic rings. The zero-order valence-electron chi connectivity index (χ0n) is 10.9. The van der Waals surface area contributed by atoms with Crippen molar-refractivity contribution in [2.45, 2.75) is 20.1 Å². The molecule has 0 aliphatic rings. The first-order valence-corrected chi connectivity index (χ1v) is 6.05. The van der Waals surface area contributed by atoms with Gasteiger partial charge in [0.05, 0.1) is 12.1 Å². The smallest absolute Gasteiger partial charge is 0.254 e. The van der Waals surface area contributed by atoms with Crippen LogP contribution >= 0.6 is 0 Å². The van der Waals surface area contributed by atoms with Crippen molar-refractivity contribution < 1.29 is 23.0 Å². The second kappa shape index (κ2) is 7.81. The van der Waals surface area contributed by atoms with Crippen LogP contribution in [0.4, 0.5) is 8.78 Å². The number of amides is 1. The molecule has 1 amide bonds. The van der Waals surface area contributed by atoms with Gasteiger partial charge in [0.15, 0.2) is 17.9 Å². The Hall–Kier alpha value is -1.53. The zero-order valence-corrected chi connectivity index (χ0v) is 10.9. The molecule has 0 spiro atoms. The second-order valence-electron chi connectivity index (χ2n) is 3.65. The number of hydrogen-bond donors (Lipinski definition) is 1. The highest BCUT2D eigenvalue weighted by Crippen LogP contribution is 2.11. The molecule has 1 N–H and O–H groups in total. The van der Waals surface area contributed by atoms with Gasteiger partial charge in [0.25, 0.3) is 5.91 Å². The quantitative estimate of drug-likeness (QED) is 0.774. The molecule has 1 aromatic carbocycles. The van der Waals surface area contributed by atoms with Gasteiger partial charge in [-0.2, -0.15) is 0 Å². The molecule has 0 aromatic heterocycles. The summed E-state index contributed by atoms with van der Waals surface area (Å²) in [6, 6.07) is 3.44. The Morgan fingerprint density at radius 2 is 1.89 bits per heavy atom. The van der Waals surface area contributed by atoms with Crippen molar-refractivity contribution in [3.8, 4) is 0 Å². The molecule has 0 radical (unpaired) electrons. The standard InChI is InChI=1S/C13H17F2NO3/c1-3-18-11(19-4-2)8-16-13(17)9-6-5-7-10(14)12(9)15/h5-7,11H,3-4,8H2,1-2H3,(H,16,17). The van der Waals surface area contributed by atoms with E-state index in [9.17, 15) is 13.6 Å². The summed E-state index contributed by atoms with van der Waals surface area (Å²) in [5, 5.41) is 2.44. The largest absolute Gasteiger partial charge is 0.351 e. The van der Waals surface area contributed by atoms with Crippen molar-refractivity contribution in [1.29, 1.82) is 0 Å². The highest BCUT2D eigenvalue weighted by atomic mass is 19.2. The van der Waals surface area contributed by atoms with Crippen molar-refractivity contribution in [1.82, 2.24) is 5.32 Å². The van der Waals surface area contributed by atoms with Crippen LogP contribution in [-0.2, 0) is 9.47 Å². The SMILES string of the molecule is CCOC(CNC(=O)c1cccc(F)c1F)OCC. The van der Waals surface area contributed by atoms with Crippen LogP contribution in [0.25, 0.3) is 0 Å². The zero-order chi connectivity index (χ0) is 14.3. The highest BCUT2D eigenvalue weighted by Gasteiger charge is 2.16. The lowest BCUT2D eigenvalue weighted by atomic mass is 10.2. The fourth-order valence-electron chi connectivity index (χ4n) is 1.49. The Kier molecular flexibility index (Phi) is 6.38. The number of rotatable bonds is 7. The van der Waals surface area contributed by atoms with Gasteiger partial charge in [-0.1, -0.05) is 6.07 Å². The average molecular weight is 273 g/mol. The summed E-state index contributed by atoms with van der Waals surface area (Å²) < 4.78 is 36.8. The molecule has 0 atom stereocenters. The van der Waals surface area contributed by atoms with Crippen LogP contribution in [0, 0.1) is 11.6 Å². The fraction of sp³-hybridized carbons (Fsp3) is 0.462. The van der Waals surface area contributed by atoms with Crippen molar-refractivity contribution in [3.63, 3.8) is 0 Å². The summed E-state index contributed by atoms with van der Waals surface area (Å²) in [6.45, 7) is 4.50. The highest BCUT2D eigenvalue weighted by molar-refractivity contribution is 5.94. The number of ether oxygens (including phenoxy) is 2. The van der Waals surface area contributed by atoms with Gasteiger partial charge in [-0.15, -0.1) is 0 Å². The minimum absolute atomic E-state index is 0.0659. The molecule has 6 heteroatoms. The summed E-state index contributed by atoms with van der Waals surface area (Å²) in [6.07, 6.45) is -0.601. The minimum Gasteiger partial charge on any atom is -0.351 e. The lowest BCUT2D eigenvalue weighted by molar-refractivity contribution is -0.131. The fourth-order valence-corrected chi connectivity index (χ4v) is 1.49. The molecule has 0 aliphatic heterocycles. The van der Waals surface area contributed by atoms with E-state index < -0.39 is 23.8 Å². The molecule has 106 valence electrons. The lowest BCUT2D eigenvalue weighted by Crippen LogP contribution is -2.35. The monoisotopic (exact) mass is 273 g/mol. The number of hydrogen-bond acceptors (Lipinski definition) is 3. The van der Waals surface area contributed by atoms with Crippen LogP contribution in [0.2, 0.25) is 0 Å². The van der Waals surface area contributed by atoms with E-state index in [2.05, 4.69) is 5.32 Å². The van der Waals surface area contributed by atoms with Crippen LogP contribution in [0.3, 0.4) is 0 Å². The van der Waals surface area contributed by atoms with Crippen LogP contribution < -0.4 is 5.32 Å². The molecule has 0 saturated carbocycles. The first kappa shape index (κ1) is 15.5. The minimum atomic E-state index is -1.16. The van der Waals surface area contributed by atoms with E-state index >= 15 is 0 Å². The Morgan fingerprint density at radius 1 is 1.26 bits per heavy atom. The van der Waals surface area contributed by atoms with Crippen molar-refractivity contribution in [2.24, 2.45) is 0 Å². The second-order valence-corrected chi connectivity index (χ2v) is 3.65. The van der Waals surface area contributed by atoms with Gasteiger partial charge >= 0.3 is 0 Å². The van der Waals surface area contributed by atoms with Crippen LogP contribution in [0.1, 0.15) is 24.2 Å². The first-order valence-electron chi connectivity index (χ1n) is 6.05. The number of carbonyl (C=O) groups is 1. The number of carbonyl (C=O) groups excluding carboxylic acids is 1. The van der Waals surface area contributed by atoms with Crippen molar-refractivity contribution in [2.75, 3.05) is 19.8 Å². The summed E-state index contributed by atoms with van der Waals surface area (Å²) in [4.78, 5) is 11.7. The Bertz CT molecular complexity index is 420. The number of halogens is 2. The first-order chi connectivity index (χ1) is 9.10. The van der Waals surface area contributed by atoms with E-state index in [-0.39, 0.29) is 12.1 Å². The number of benzene rings is 1. The Balaban J connectivity index is 2.61. The Morgan fingerprint density at radius 3 is 2.47 bits per heavy atom. The molecule has 1 rings (SSSR count). The van der Waals surface area contributed by atoms with E-state index in [1.54, 1.807) is 13.8 Å². The molecule has 0 fully saturated rings. The average Bonchev–Trinajstić information content (AvgIpc) is 2.39. The molecule has 0 saturated heterocycles. The summed E-state index contributed by atoms with van der Waals surface area (Å²) in [7, 11) is 0. The number of nitrogens with one attached hydrogen (secondary N) is 1. The van der Waals surface area contributed by atoms with Crippen LogP contribution in [0.15, 0.2) is 18.2 Å². The van der Waals surface area contributed by atoms with Gasteiger partial charge in [0.1, 0.15) is 0 Å². The summed E-state index contributed by atoms with van der Waals surface area (Å²) in [5.74, 6) is -2.93. The maximum atomic E-state index is 13.4. The van der Waals surface area contributed by atoms with Crippen molar-refractivity contribution >= 4 is 5.91 Å². The van der Waals surface area contributed by atoms with E-state index in [0.717, 1.165) is 6.07 Å². The van der Waals surface area contributed by atoms with E-state index in [1.165, 1.54) is 12.1 Å². The van der Waals surface area contributed by atoms with Gasteiger partial charge < -0.3 is 14.8 Å². The van der Waals surface area contributed by atoms with Gasteiger partial charge in [-0.05, 0) is 26.0 Å². The van der Waals surface area contributed by atoms with E-state index in [0.29, 0.717) is 13.2 Å². The molecule has 0 bridgehead atoms. The maximum Gasteiger partial charge on any atom is 0.254 e. The normalized spacial score (nSPS) is 10.8. The third-order valence-electron chi connectivity index (χ3n) is 2.33. The predicted molar refractivity (Wildman–Crippen MR) is 65.7 cm³/mol. The van der Waals surface area contributed by atoms with E-state index in [4.69, 9.17) is 9.47 Å².